The van der Waals surface area contributed by atoms with E-state index in [0.29, 0.717) is 5.75 Å². The third-order valence-electron chi connectivity index (χ3n) is 4.18. The average Bonchev–Trinajstić information content (AvgIpc) is 2.58. The van der Waals surface area contributed by atoms with E-state index in [4.69, 9.17) is 24.7 Å². The fourth-order valence-corrected chi connectivity index (χ4v) is 3.05. The number of hydrogen-bond donors (Lipinski definition) is 1. The molecular formula is C17H25NO5. The molecule has 1 aromatic rings. The van der Waals surface area contributed by atoms with Crippen LogP contribution in [-0.2, 0) is 14.3 Å². The van der Waals surface area contributed by atoms with Gasteiger partial charge in [-0.3, -0.25) is 4.79 Å². The zero-order chi connectivity index (χ0) is 16.7. The molecule has 2 atom stereocenters. The number of benzene rings is 1. The van der Waals surface area contributed by atoms with Crippen LogP contribution in [0.5, 0.6) is 11.5 Å². The van der Waals surface area contributed by atoms with Crippen molar-refractivity contribution in [2.75, 3.05) is 27.8 Å². The van der Waals surface area contributed by atoms with Crippen molar-refractivity contribution in [1.29, 1.82) is 0 Å². The van der Waals surface area contributed by atoms with Gasteiger partial charge in [-0.15, -0.1) is 0 Å². The molecule has 0 saturated heterocycles. The third-order valence-corrected chi connectivity index (χ3v) is 4.18. The summed E-state index contributed by atoms with van der Waals surface area (Å²) in [4.78, 5) is 11.5. The van der Waals surface area contributed by atoms with Crippen molar-refractivity contribution in [2.24, 2.45) is 11.7 Å². The number of amides is 1. The maximum atomic E-state index is 11.5. The van der Waals surface area contributed by atoms with Crippen molar-refractivity contribution < 1.29 is 23.7 Å². The van der Waals surface area contributed by atoms with Gasteiger partial charge in [-0.1, -0.05) is 12.5 Å². The van der Waals surface area contributed by atoms with E-state index >= 15 is 0 Å². The standard InChI is InChI=1S/C17H25NO5/c1-20-10-22-14-6-7-15(16(9-14)23-11-21-2)12-4-3-5-13(8-12)17(18)19/h6-7,9,12-13H,3-5,8,10-11H2,1-2H3,(H2,18,19). The van der Waals surface area contributed by atoms with E-state index in [2.05, 4.69) is 0 Å². The van der Waals surface area contributed by atoms with Crippen LogP contribution in [0.2, 0.25) is 0 Å². The highest BCUT2D eigenvalue weighted by molar-refractivity contribution is 5.76. The van der Waals surface area contributed by atoms with Crippen LogP contribution in [0.1, 0.15) is 37.2 Å². The molecule has 2 unspecified atom stereocenters. The van der Waals surface area contributed by atoms with Gasteiger partial charge in [0.15, 0.2) is 13.6 Å². The second-order valence-corrected chi connectivity index (χ2v) is 5.76. The van der Waals surface area contributed by atoms with Gasteiger partial charge in [0.2, 0.25) is 5.91 Å². The van der Waals surface area contributed by atoms with Gasteiger partial charge in [-0.2, -0.15) is 0 Å². The van der Waals surface area contributed by atoms with E-state index in [-0.39, 0.29) is 31.3 Å². The van der Waals surface area contributed by atoms with Gasteiger partial charge in [-0.05, 0) is 36.8 Å². The molecule has 23 heavy (non-hydrogen) atoms. The Bertz CT molecular complexity index is 520. The minimum Gasteiger partial charge on any atom is -0.467 e. The lowest BCUT2D eigenvalue weighted by Gasteiger charge is -2.29. The number of carbonyl (C=O) groups excluding carboxylic acids is 1. The molecule has 0 radical (unpaired) electrons. The topological polar surface area (TPSA) is 80.0 Å². The summed E-state index contributed by atoms with van der Waals surface area (Å²) in [7, 11) is 3.15. The highest BCUT2D eigenvalue weighted by atomic mass is 16.7. The molecule has 2 rings (SSSR count). The van der Waals surface area contributed by atoms with Crippen LogP contribution < -0.4 is 15.2 Å². The number of methoxy groups -OCH3 is 2. The Balaban J connectivity index is 2.19. The van der Waals surface area contributed by atoms with E-state index in [1.165, 1.54) is 0 Å². The SMILES string of the molecule is COCOc1ccc(C2CCCC(C(N)=O)C2)c(OCOC)c1. The molecule has 1 aromatic carbocycles. The van der Waals surface area contributed by atoms with Crippen molar-refractivity contribution in [1.82, 2.24) is 0 Å². The summed E-state index contributed by atoms with van der Waals surface area (Å²) >= 11 is 0. The zero-order valence-electron chi connectivity index (χ0n) is 13.7. The smallest absolute Gasteiger partial charge is 0.220 e. The Hall–Kier alpha value is -1.79. The second-order valence-electron chi connectivity index (χ2n) is 5.76. The predicted molar refractivity (Wildman–Crippen MR) is 85.3 cm³/mol. The van der Waals surface area contributed by atoms with Crippen LogP contribution in [-0.4, -0.2) is 33.7 Å². The first-order chi connectivity index (χ1) is 11.2. The number of ether oxygens (including phenoxy) is 4. The average molecular weight is 323 g/mol. The number of primary amides is 1. The van der Waals surface area contributed by atoms with Crippen molar-refractivity contribution in [2.45, 2.75) is 31.6 Å². The third kappa shape index (κ3) is 4.84. The van der Waals surface area contributed by atoms with E-state index in [0.717, 1.165) is 37.0 Å². The highest BCUT2D eigenvalue weighted by Gasteiger charge is 2.28. The molecule has 0 aromatic heterocycles. The highest BCUT2D eigenvalue weighted by Crippen LogP contribution is 2.41. The molecule has 1 aliphatic carbocycles. The largest absolute Gasteiger partial charge is 0.467 e. The van der Waals surface area contributed by atoms with Crippen LogP contribution in [0.4, 0.5) is 0 Å². The van der Waals surface area contributed by atoms with E-state index in [9.17, 15) is 4.79 Å². The van der Waals surface area contributed by atoms with Crippen LogP contribution >= 0.6 is 0 Å². The Labute approximate surface area is 136 Å². The Morgan fingerprint density at radius 1 is 1.17 bits per heavy atom. The Kier molecular flexibility index (Phi) is 6.67. The normalized spacial score (nSPS) is 21.0. The molecular weight excluding hydrogens is 298 g/mol. The Morgan fingerprint density at radius 3 is 2.61 bits per heavy atom. The molecule has 6 nitrogen and oxygen atoms in total. The first-order valence-electron chi connectivity index (χ1n) is 7.82. The molecule has 0 spiro atoms. The fourth-order valence-electron chi connectivity index (χ4n) is 3.05. The second kappa shape index (κ2) is 8.74. The molecule has 128 valence electrons. The first kappa shape index (κ1) is 17.6. The minimum absolute atomic E-state index is 0.0616. The van der Waals surface area contributed by atoms with Gasteiger partial charge in [0.05, 0.1) is 0 Å². The van der Waals surface area contributed by atoms with Gasteiger partial charge in [0, 0.05) is 26.2 Å². The quantitative estimate of drug-likeness (QED) is 0.743. The van der Waals surface area contributed by atoms with E-state index < -0.39 is 0 Å². The van der Waals surface area contributed by atoms with E-state index in [1.54, 1.807) is 14.2 Å². The zero-order valence-corrected chi connectivity index (χ0v) is 13.7. The molecule has 2 N–H and O–H groups in total. The summed E-state index contributed by atoms with van der Waals surface area (Å²) in [5, 5.41) is 0. The first-order valence-corrected chi connectivity index (χ1v) is 7.82. The van der Waals surface area contributed by atoms with Gasteiger partial charge in [0.1, 0.15) is 11.5 Å². The minimum atomic E-state index is -0.214. The van der Waals surface area contributed by atoms with Crippen LogP contribution in [0.3, 0.4) is 0 Å². The summed E-state index contributed by atoms with van der Waals surface area (Å²) in [6.07, 6.45) is 3.64. The molecule has 6 heteroatoms. The molecule has 0 bridgehead atoms. The summed E-state index contributed by atoms with van der Waals surface area (Å²) < 4.78 is 21.1. The molecule has 1 amide bonds. The van der Waals surface area contributed by atoms with Crippen LogP contribution in [0, 0.1) is 5.92 Å². The lowest BCUT2D eigenvalue weighted by molar-refractivity contribution is -0.122. The van der Waals surface area contributed by atoms with Crippen molar-refractivity contribution in [3.63, 3.8) is 0 Å². The lowest BCUT2D eigenvalue weighted by atomic mass is 9.77. The fraction of sp³-hybridized carbons (Fsp3) is 0.588. The van der Waals surface area contributed by atoms with Gasteiger partial charge < -0.3 is 24.7 Å². The number of hydrogen-bond acceptors (Lipinski definition) is 5. The van der Waals surface area contributed by atoms with Crippen molar-refractivity contribution in [3.05, 3.63) is 23.8 Å². The summed E-state index contributed by atoms with van der Waals surface area (Å²) in [5.41, 5.74) is 6.55. The monoisotopic (exact) mass is 323 g/mol. The van der Waals surface area contributed by atoms with Crippen LogP contribution in [0.25, 0.3) is 0 Å². The summed E-state index contributed by atoms with van der Waals surface area (Å²) in [5.74, 6) is 1.37. The van der Waals surface area contributed by atoms with Crippen LogP contribution in [0.15, 0.2) is 18.2 Å². The molecule has 0 heterocycles. The predicted octanol–water partition coefficient (Wildman–Crippen LogP) is 2.41. The number of nitrogens with two attached hydrogens (primary N) is 1. The van der Waals surface area contributed by atoms with Gasteiger partial charge in [-0.25, -0.2) is 0 Å². The summed E-state index contributed by atoms with van der Waals surface area (Å²) in [6.45, 7) is 0.336. The van der Waals surface area contributed by atoms with Crippen molar-refractivity contribution in [3.8, 4) is 11.5 Å². The molecule has 0 aliphatic heterocycles. The molecule has 1 saturated carbocycles. The molecule has 1 fully saturated rings. The lowest BCUT2D eigenvalue weighted by Crippen LogP contribution is -2.28. The molecule has 1 aliphatic rings. The maximum Gasteiger partial charge on any atom is 0.220 e. The van der Waals surface area contributed by atoms with Gasteiger partial charge in [0.25, 0.3) is 0 Å². The summed E-state index contributed by atoms with van der Waals surface area (Å²) in [6, 6.07) is 5.72. The number of carbonyl (C=O) groups is 1. The van der Waals surface area contributed by atoms with Gasteiger partial charge >= 0.3 is 0 Å². The van der Waals surface area contributed by atoms with E-state index in [1.807, 2.05) is 18.2 Å². The Morgan fingerprint density at radius 2 is 1.91 bits per heavy atom. The number of rotatable bonds is 8. The maximum absolute atomic E-state index is 11.5. The van der Waals surface area contributed by atoms with Crippen molar-refractivity contribution >= 4 is 5.91 Å².